The van der Waals surface area contributed by atoms with Crippen LogP contribution in [0, 0.1) is 0 Å². The Morgan fingerprint density at radius 3 is 1.77 bits per heavy atom. The Hall–Kier alpha value is -7.49. The molecular weight excluding hydrogens is 691 g/mol. The summed E-state index contributed by atoms with van der Waals surface area (Å²) >= 11 is 0. The van der Waals surface area contributed by atoms with Gasteiger partial charge in [-0.1, -0.05) is 164 Å². The third-order valence-electron chi connectivity index (χ3n) is 12.2. The lowest BCUT2D eigenvalue weighted by atomic mass is 9.63. The van der Waals surface area contributed by atoms with E-state index in [-0.39, 0.29) is 0 Å². The van der Waals surface area contributed by atoms with Crippen molar-refractivity contribution in [2.24, 2.45) is 0 Å². The minimum Gasteiger partial charge on any atom is -0.310 e. The van der Waals surface area contributed by atoms with Gasteiger partial charge in [-0.3, -0.25) is 4.57 Å². The summed E-state index contributed by atoms with van der Waals surface area (Å²) < 4.78 is 2.30. The second-order valence-corrected chi connectivity index (χ2v) is 15.1. The van der Waals surface area contributed by atoms with Crippen LogP contribution in [0.15, 0.2) is 212 Å². The predicted molar refractivity (Wildman–Crippen MR) is 235 cm³/mol. The summed E-state index contributed by atoms with van der Waals surface area (Å²) in [7, 11) is 0. The van der Waals surface area contributed by atoms with Crippen LogP contribution < -0.4 is 4.90 Å². The summed E-state index contributed by atoms with van der Waals surface area (Å²) in [5, 5.41) is 2.43. The van der Waals surface area contributed by atoms with Gasteiger partial charge in [-0.25, -0.2) is 4.98 Å². The zero-order valence-corrected chi connectivity index (χ0v) is 31.0. The second-order valence-electron chi connectivity index (χ2n) is 15.1. The molecule has 10 aromatic rings. The lowest BCUT2D eigenvalue weighted by Crippen LogP contribution is -2.36. The number of fused-ring (bicyclic) bond motifs is 11. The molecule has 0 unspecified atom stereocenters. The smallest absolute Gasteiger partial charge is 0.145 e. The predicted octanol–water partition coefficient (Wildman–Crippen LogP) is 13.7. The fourth-order valence-corrected chi connectivity index (χ4v) is 9.86. The van der Waals surface area contributed by atoms with Gasteiger partial charge >= 0.3 is 0 Å². The number of para-hydroxylation sites is 5. The Balaban J connectivity index is 1.07. The van der Waals surface area contributed by atoms with E-state index in [0.29, 0.717) is 0 Å². The molecule has 2 aliphatic rings. The highest BCUT2D eigenvalue weighted by Gasteiger charge is 2.52. The molecule has 3 heteroatoms. The van der Waals surface area contributed by atoms with E-state index in [1.54, 1.807) is 0 Å². The van der Waals surface area contributed by atoms with Gasteiger partial charge in [-0.2, -0.15) is 0 Å². The molecule has 9 aromatic carbocycles. The highest BCUT2D eigenvalue weighted by Crippen LogP contribution is 2.64. The van der Waals surface area contributed by atoms with Crippen molar-refractivity contribution in [3.05, 3.63) is 235 Å². The summed E-state index contributed by atoms with van der Waals surface area (Å²) in [6, 6.07) is 77.5. The minimum absolute atomic E-state index is 0.538. The molecule has 266 valence electrons. The molecule has 0 atom stereocenters. The van der Waals surface area contributed by atoms with Crippen molar-refractivity contribution in [2.75, 3.05) is 4.90 Å². The second kappa shape index (κ2) is 12.3. The Bertz CT molecular complexity index is 3140. The number of imidazole rings is 1. The maximum atomic E-state index is 5.24. The van der Waals surface area contributed by atoms with E-state index in [4.69, 9.17) is 4.98 Å². The summed E-state index contributed by atoms with van der Waals surface area (Å²) in [5.41, 5.74) is 17.4. The van der Waals surface area contributed by atoms with Gasteiger partial charge in [0, 0.05) is 16.9 Å². The van der Waals surface area contributed by atoms with Crippen molar-refractivity contribution in [1.82, 2.24) is 9.55 Å². The zero-order chi connectivity index (χ0) is 37.5. The minimum atomic E-state index is -0.538. The molecule has 1 aromatic heterocycles. The molecular formula is C54H35N3. The van der Waals surface area contributed by atoms with Gasteiger partial charge in [-0.05, 0) is 104 Å². The topological polar surface area (TPSA) is 21.1 Å². The zero-order valence-electron chi connectivity index (χ0n) is 31.0. The van der Waals surface area contributed by atoms with Crippen molar-refractivity contribution >= 4 is 38.9 Å². The number of hydrogen-bond donors (Lipinski definition) is 0. The van der Waals surface area contributed by atoms with Crippen LogP contribution in [-0.2, 0) is 5.41 Å². The van der Waals surface area contributed by atoms with Crippen molar-refractivity contribution < 1.29 is 0 Å². The Labute approximate surface area is 331 Å². The first kappa shape index (κ1) is 31.8. The monoisotopic (exact) mass is 725 g/mol. The highest BCUT2D eigenvalue weighted by molar-refractivity contribution is 5.99. The molecule has 1 aliphatic carbocycles. The molecule has 1 aliphatic heterocycles. The molecule has 0 radical (unpaired) electrons. The molecule has 12 rings (SSSR count). The summed E-state index contributed by atoms with van der Waals surface area (Å²) in [4.78, 5) is 7.68. The first-order valence-corrected chi connectivity index (χ1v) is 19.6. The molecule has 0 bridgehead atoms. The van der Waals surface area contributed by atoms with E-state index in [2.05, 4.69) is 222 Å². The van der Waals surface area contributed by atoms with Crippen LogP contribution in [0.2, 0.25) is 0 Å². The first-order valence-electron chi connectivity index (χ1n) is 19.6. The van der Waals surface area contributed by atoms with E-state index in [0.717, 1.165) is 33.8 Å². The Morgan fingerprint density at radius 2 is 0.982 bits per heavy atom. The first-order chi connectivity index (χ1) is 28.3. The number of hydrogen-bond acceptors (Lipinski definition) is 2. The quantitative estimate of drug-likeness (QED) is 0.180. The van der Waals surface area contributed by atoms with Gasteiger partial charge in [0.2, 0.25) is 0 Å². The van der Waals surface area contributed by atoms with Crippen LogP contribution in [0.3, 0.4) is 0 Å². The lowest BCUT2D eigenvalue weighted by molar-refractivity contribution is 0.754. The molecule has 57 heavy (non-hydrogen) atoms. The number of rotatable bonds is 4. The van der Waals surface area contributed by atoms with Crippen LogP contribution in [0.1, 0.15) is 22.3 Å². The van der Waals surface area contributed by atoms with E-state index in [9.17, 15) is 0 Å². The maximum absolute atomic E-state index is 5.24. The van der Waals surface area contributed by atoms with Gasteiger partial charge in [0.15, 0.2) is 0 Å². The van der Waals surface area contributed by atoms with Crippen molar-refractivity contribution in [3.8, 4) is 39.3 Å². The third kappa shape index (κ3) is 4.51. The van der Waals surface area contributed by atoms with E-state index < -0.39 is 5.41 Å². The molecule has 0 saturated carbocycles. The molecule has 0 amide bonds. The largest absolute Gasteiger partial charge is 0.310 e. The maximum Gasteiger partial charge on any atom is 0.145 e. The molecule has 0 fully saturated rings. The Kier molecular flexibility index (Phi) is 6.84. The van der Waals surface area contributed by atoms with Crippen LogP contribution in [0.4, 0.5) is 17.1 Å². The van der Waals surface area contributed by atoms with E-state index >= 15 is 0 Å². The van der Waals surface area contributed by atoms with Crippen LogP contribution in [-0.4, -0.2) is 9.55 Å². The molecule has 0 saturated heterocycles. The fourth-order valence-electron chi connectivity index (χ4n) is 9.86. The number of benzene rings is 9. The van der Waals surface area contributed by atoms with Gasteiger partial charge in [-0.15, -0.1) is 0 Å². The average molecular weight is 726 g/mol. The highest BCUT2D eigenvalue weighted by atomic mass is 15.2. The van der Waals surface area contributed by atoms with Gasteiger partial charge in [0.05, 0.1) is 27.8 Å². The standard InChI is InChI=1S/C54H35N3/c1-2-17-40(18-3-1)56-49-26-11-8-23-46(49)54(47-24-9-12-27-50(47)56)45-22-7-6-19-43(45)44-21-14-20-42(52(44)54)37-29-31-38(32-30-37)53-55-48-25-10-13-28-51(48)57(53)41-34-33-36-15-4-5-16-39(36)35-41/h1-35H. The van der Waals surface area contributed by atoms with Gasteiger partial charge in [0.1, 0.15) is 5.82 Å². The summed E-state index contributed by atoms with van der Waals surface area (Å²) in [6.45, 7) is 0. The normalized spacial score (nSPS) is 13.4. The van der Waals surface area contributed by atoms with Gasteiger partial charge in [0.25, 0.3) is 0 Å². The van der Waals surface area contributed by atoms with Crippen molar-refractivity contribution in [1.29, 1.82) is 0 Å². The van der Waals surface area contributed by atoms with Crippen LogP contribution in [0.25, 0.3) is 61.1 Å². The molecule has 0 N–H and O–H groups in total. The lowest BCUT2D eigenvalue weighted by Gasteiger charge is -2.45. The number of nitrogens with zero attached hydrogens (tertiary/aromatic N) is 3. The number of anilines is 3. The molecule has 1 spiro atoms. The molecule has 3 nitrogen and oxygen atoms in total. The van der Waals surface area contributed by atoms with Crippen LogP contribution >= 0.6 is 0 Å². The van der Waals surface area contributed by atoms with Gasteiger partial charge < -0.3 is 4.90 Å². The SMILES string of the molecule is c1ccc(N2c3ccccc3C3(c4ccccc4-c4cccc(-c5ccc(-c6nc7ccccc7n6-c6ccc7ccccc7c6)cc5)c43)c3ccccc32)cc1. The van der Waals surface area contributed by atoms with Crippen molar-refractivity contribution in [2.45, 2.75) is 5.41 Å². The van der Waals surface area contributed by atoms with E-state index in [1.165, 1.54) is 66.7 Å². The van der Waals surface area contributed by atoms with Crippen molar-refractivity contribution in [3.63, 3.8) is 0 Å². The summed E-state index contributed by atoms with van der Waals surface area (Å²) in [6.07, 6.45) is 0. The average Bonchev–Trinajstić information content (AvgIpc) is 3.82. The molecule has 2 heterocycles. The Morgan fingerprint density at radius 1 is 0.386 bits per heavy atom. The fraction of sp³-hybridized carbons (Fsp3) is 0.0185. The van der Waals surface area contributed by atoms with E-state index in [1.807, 2.05) is 0 Å². The third-order valence-corrected chi connectivity index (χ3v) is 12.2. The van der Waals surface area contributed by atoms with Crippen LogP contribution in [0.5, 0.6) is 0 Å². The number of aromatic nitrogens is 2. The summed E-state index contributed by atoms with van der Waals surface area (Å²) in [5.74, 6) is 0.927.